The van der Waals surface area contributed by atoms with Crippen molar-refractivity contribution in [1.29, 1.82) is 0 Å². The van der Waals surface area contributed by atoms with Crippen molar-refractivity contribution in [2.75, 3.05) is 6.54 Å². The van der Waals surface area contributed by atoms with Crippen molar-refractivity contribution in [3.8, 4) is 0 Å². The Bertz CT molecular complexity index is 390. The first kappa shape index (κ1) is 18.4. The van der Waals surface area contributed by atoms with Crippen LogP contribution in [0.5, 0.6) is 0 Å². The summed E-state index contributed by atoms with van der Waals surface area (Å²) in [4.78, 5) is 0.237. The molecule has 0 radical (unpaired) electrons. The second-order valence-electron chi connectivity index (χ2n) is 5.24. The quantitative estimate of drug-likeness (QED) is 0.594. The maximum atomic E-state index is 12.2. The first-order chi connectivity index (χ1) is 9.94. The summed E-state index contributed by atoms with van der Waals surface area (Å²) in [5.41, 5.74) is -3.19. The van der Waals surface area contributed by atoms with E-state index in [1.165, 1.54) is 31.4 Å². The molecule has 1 nitrogen and oxygen atoms in total. The minimum absolute atomic E-state index is 0.0695. The first-order valence-electron chi connectivity index (χ1n) is 7.50. The highest BCUT2D eigenvalue weighted by atomic mass is 32.2. The molecule has 0 aliphatic carbocycles. The Balaban J connectivity index is 2.35. The van der Waals surface area contributed by atoms with E-state index in [0.717, 1.165) is 18.5 Å². The molecule has 1 aromatic rings. The fourth-order valence-corrected chi connectivity index (χ4v) is 2.71. The van der Waals surface area contributed by atoms with Gasteiger partial charge in [-0.2, -0.15) is 13.2 Å². The van der Waals surface area contributed by atoms with Crippen molar-refractivity contribution >= 4 is 11.8 Å². The molecule has 0 fully saturated rings. The molecule has 0 bridgehead atoms. The van der Waals surface area contributed by atoms with E-state index in [1.807, 2.05) is 0 Å². The number of nitrogens with one attached hydrogen (secondary N) is 1. The topological polar surface area (TPSA) is 12.0 Å². The second-order valence-corrected chi connectivity index (χ2v) is 6.38. The zero-order chi connectivity index (χ0) is 15.7. The number of thioether (sulfide) groups is 1. The van der Waals surface area contributed by atoms with Crippen molar-refractivity contribution in [3.63, 3.8) is 0 Å². The second kappa shape index (κ2) is 9.36. The molecule has 0 saturated carbocycles. The highest BCUT2D eigenvalue weighted by molar-refractivity contribution is 8.00. The Labute approximate surface area is 129 Å². The lowest BCUT2D eigenvalue weighted by Crippen LogP contribution is -2.22. The molecule has 5 heteroatoms. The van der Waals surface area contributed by atoms with Crippen molar-refractivity contribution in [3.05, 3.63) is 29.8 Å². The van der Waals surface area contributed by atoms with Gasteiger partial charge in [-0.3, -0.25) is 0 Å². The van der Waals surface area contributed by atoms with Gasteiger partial charge < -0.3 is 5.32 Å². The molecule has 1 unspecified atom stereocenters. The molecular weight excluding hydrogens is 295 g/mol. The summed E-state index contributed by atoms with van der Waals surface area (Å²) >= 11 is -0.0695. The zero-order valence-electron chi connectivity index (χ0n) is 12.7. The van der Waals surface area contributed by atoms with Crippen molar-refractivity contribution in [2.45, 2.75) is 56.5 Å². The van der Waals surface area contributed by atoms with E-state index in [9.17, 15) is 13.2 Å². The predicted molar refractivity (Wildman–Crippen MR) is 83.4 cm³/mol. The van der Waals surface area contributed by atoms with Gasteiger partial charge in [-0.25, -0.2) is 0 Å². The Morgan fingerprint density at radius 2 is 1.81 bits per heavy atom. The first-order valence-corrected chi connectivity index (χ1v) is 8.31. The summed E-state index contributed by atoms with van der Waals surface area (Å²) in [7, 11) is 0. The third kappa shape index (κ3) is 8.37. The molecule has 0 heterocycles. The number of unbranched alkanes of at least 4 members (excludes halogenated alkanes) is 1. The van der Waals surface area contributed by atoms with Crippen LogP contribution in [0.1, 0.15) is 45.1 Å². The van der Waals surface area contributed by atoms with E-state index in [1.54, 1.807) is 12.1 Å². The molecule has 1 atom stereocenters. The van der Waals surface area contributed by atoms with E-state index >= 15 is 0 Å². The molecule has 0 amide bonds. The summed E-state index contributed by atoms with van der Waals surface area (Å²) in [6.45, 7) is 6.07. The van der Waals surface area contributed by atoms with Gasteiger partial charge in [-0.1, -0.05) is 45.2 Å². The zero-order valence-corrected chi connectivity index (χ0v) is 13.5. The third-order valence-corrected chi connectivity index (χ3v) is 4.20. The molecule has 0 aromatic heterocycles. The minimum Gasteiger partial charge on any atom is -0.312 e. The van der Waals surface area contributed by atoms with E-state index in [0.29, 0.717) is 12.5 Å². The number of halogens is 3. The van der Waals surface area contributed by atoms with E-state index in [2.05, 4.69) is 19.2 Å². The number of hydrogen-bond acceptors (Lipinski definition) is 2. The lowest BCUT2D eigenvalue weighted by atomic mass is 9.99. The Kier molecular flexibility index (Phi) is 8.19. The largest absolute Gasteiger partial charge is 0.446 e. The van der Waals surface area contributed by atoms with Crippen LogP contribution in [0, 0.1) is 5.92 Å². The SMILES string of the molecule is CCCCC(CC)CNCc1ccc(SC(F)(F)F)cc1. The van der Waals surface area contributed by atoms with Crippen LogP contribution >= 0.6 is 11.8 Å². The predicted octanol–water partition coefficient (Wildman–Crippen LogP) is 5.60. The lowest BCUT2D eigenvalue weighted by molar-refractivity contribution is -0.0328. The number of alkyl halides is 3. The van der Waals surface area contributed by atoms with Crippen LogP contribution in [0.4, 0.5) is 13.2 Å². The molecular formula is C16H24F3NS. The molecule has 0 aliphatic rings. The van der Waals surface area contributed by atoms with Crippen LogP contribution in [0.25, 0.3) is 0 Å². The average molecular weight is 319 g/mol. The maximum Gasteiger partial charge on any atom is 0.446 e. The summed E-state index contributed by atoms with van der Waals surface area (Å²) < 4.78 is 36.7. The third-order valence-electron chi connectivity index (χ3n) is 3.46. The van der Waals surface area contributed by atoms with E-state index in [-0.39, 0.29) is 16.7 Å². The molecule has 21 heavy (non-hydrogen) atoms. The number of rotatable bonds is 9. The molecule has 1 N–H and O–H groups in total. The standard InChI is InChI=1S/C16H24F3NS/c1-3-5-6-13(4-2)11-20-12-14-7-9-15(10-8-14)21-16(17,18)19/h7-10,13,20H,3-6,11-12H2,1-2H3. The van der Waals surface area contributed by atoms with Gasteiger partial charge in [-0.05, 0) is 48.3 Å². The van der Waals surface area contributed by atoms with Gasteiger partial charge in [0.2, 0.25) is 0 Å². The molecule has 0 saturated heterocycles. The van der Waals surface area contributed by atoms with Crippen LogP contribution in [0.15, 0.2) is 29.2 Å². The summed E-state index contributed by atoms with van der Waals surface area (Å²) in [5.74, 6) is 0.685. The molecule has 1 aromatic carbocycles. The van der Waals surface area contributed by atoms with Gasteiger partial charge >= 0.3 is 5.51 Å². The van der Waals surface area contributed by atoms with E-state index < -0.39 is 5.51 Å². The Morgan fingerprint density at radius 3 is 2.33 bits per heavy atom. The van der Waals surface area contributed by atoms with Crippen LogP contribution in [0.3, 0.4) is 0 Å². The molecule has 120 valence electrons. The molecule has 1 rings (SSSR count). The van der Waals surface area contributed by atoms with Crippen molar-refractivity contribution in [1.82, 2.24) is 5.32 Å². The van der Waals surface area contributed by atoms with Gasteiger partial charge in [0.1, 0.15) is 0 Å². The minimum atomic E-state index is -4.21. The van der Waals surface area contributed by atoms with Crippen molar-refractivity contribution in [2.24, 2.45) is 5.92 Å². The number of benzene rings is 1. The Morgan fingerprint density at radius 1 is 1.14 bits per heavy atom. The highest BCUT2D eigenvalue weighted by Crippen LogP contribution is 2.36. The summed E-state index contributed by atoms with van der Waals surface area (Å²) in [6, 6.07) is 6.58. The molecule has 0 spiro atoms. The average Bonchev–Trinajstić information content (AvgIpc) is 2.43. The Hall–Kier alpha value is -0.680. The maximum absolute atomic E-state index is 12.2. The van der Waals surface area contributed by atoms with Gasteiger partial charge in [-0.15, -0.1) is 0 Å². The fourth-order valence-electron chi connectivity index (χ4n) is 2.17. The highest BCUT2D eigenvalue weighted by Gasteiger charge is 2.28. The molecule has 0 aliphatic heterocycles. The van der Waals surface area contributed by atoms with Gasteiger partial charge in [0.15, 0.2) is 0 Å². The van der Waals surface area contributed by atoms with Crippen LogP contribution in [-0.4, -0.2) is 12.1 Å². The van der Waals surface area contributed by atoms with Crippen molar-refractivity contribution < 1.29 is 13.2 Å². The lowest BCUT2D eigenvalue weighted by Gasteiger charge is -2.15. The van der Waals surface area contributed by atoms with Crippen LogP contribution in [0.2, 0.25) is 0 Å². The van der Waals surface area contributed by atoms with Gasteiger partial charge in [0, 0.05) is 11.4 Å². The normalized spacial score (nSPS) is 13.4. The van der Waals surface area contributed by atoms with Gasteiger partial charge in [0.05, 0.1) is 0 Å². The van der Waals surface area contributed by atoms with Crippen LogP contribution < -0.4 is 5.32 Å². The number of hydrogen-bond donors (Lipinski definition) is 1. The summed E-state index contributed by atoms with van der Waals surface area (Å²) in [5, 5.41) is 3.40. The fraction of sp³-hybridized carbons (Fsp3) is 0.625. The smallest absolute Gasteiger partial charge is 0.312 e. The van der Waals surface area contributed by atoms with Crippen LogP contribution in [-0.2, 0) is 6.54 Å². The van der Waals surface area contributed by atoms with E-state index in [4.69, 9.17) is 0 Å². The summed E-state index contributed by atoms with van der Waals surface area (Å²) in [6.07, 6.45) is 4.87. The van der Waals surface area contributed by atoms with Gasteiger partial charge in [0.25, 0.3) is 0 Å². The monoisotopic (exact) mass is 319 g/mol.